The lowest BCUT2D eigenvalue weighted by Crippen LogP contribution is -2.01. The molecule has 100 valence electrons. The van der Waals surface area contributed by atoms with Crippen LogP contribution in [0.15, 0.2) is 36.4 Å². The summed E-state index contributed by atoms with van der Waals surface area (Å²) in [6, 6.07) is 8.48. The number of hydrogen-bond donors (Lipinski definition) is 0. The zero-order chi connectivity index (χ0) is 14.0. The van der Waals surface area contributed by atoms with Gasteiger partial charge in [-0.3, -0.25) is 0 Å². The van der Waals surface area contributed by atoms with Crippen molar-refractivity contribution in [1.82, 2.24) is 0 Å². The maximum absolute atomic E-state index is 2.27. The minimum absolute atomic E-state index is 0.367. The van der Waals surface area contributed by atoms with Gasteiger partial charge in [-0.25, -0.2) is 0 Å². The summed E-state index contributed by atoms with van der Waals surface area (Å²) in [5.41, 5.74) is 2.95. The van der Waals surface area contributed by atoms with Crippen LogP contribution in [0.2, 0.25) is 0 Å². The van der Waals surface area contributed by atoms with Crippen molar-refractivity contribution in [2.24, 2.45) is 5.41 Å². The van der Waals surface area contributed by atoms with Gasteiger partial charge in [-0.05, 0) is 29.9 Å². The van der Waals surface area contributed by atoms with Gasteiger partial charge in [-0.15, -0.1) is 0 Å². The van der Waals surface area contributed by atoms with Crippen LogP contribution in [0.25, 0.3) is 12.2 Å². The Kier molecular flexibility index (Phi) is 8.11. The smallest absolute Gasteiger partial charge is 0.0187 e. The molecule has 1 aromatic rings. The van der Waals surface area contributed by atoms with Crippen LogP contribution in [-0.2, 0) is 0 Å². The molecule has 0 atom stereocenters. The molecule has 0 nitrogen and oxygen atoms in total. The quantitative estimate of drug-likeness (QED) is 0.594. The molecule has 18 heavy (non-hydrogen) atoms. The van der Waals surface area contributed by atoms with Gasteiger partial charge in [0, 0.05) is 0 Å². The van der Waals surface area contributed by atoms with Gasteiger partial charge < -0.3 is 0 Å². The zero-order valence-electron chi connectivity index (χ0n) is 12.8. The summed E-state index contributed by atoms with van der Waals surface area (Å²) in [6.45, 7) is 12.8. The standard InChI is InChI=1S/C16H22.C2H6/c1-5-9-14-10-6-7-11-15(14)12-8-13-16(2,3)4;1-2/h5-12H,13H2,1-4H3;1-2H3/b9-5-,12-8+;. The fourth-order valence-corrected chi connectivity index (χ4v) is 1.53. The average molecular weight is 244 g/mol. The highest BCUT2D eigenvalue weighted by Gasteiger charge is 2.06. The van der Waals surface area contributed by atoms with Crippen molar-refractivity contribution >= 4 is 12.2 Å². The lowest BCUT2D eigenvalue weighted by Gasteiger charge is -2.14. The topological polar surface area (TPSA) is 0 Å². The van der Waals surface area contributed by atoms with E-state index in [9.17, 15) is 0 Å². The van der Waals surface area contributed by atoms with Gasteiger partial charge in [0.1, 0.15) is 0 Å². The Morgan fingerprint density at radius 3 is 1.89 bits per heavy atom. The molecule has 0 aliphatic heterocycles. The van der Waals surface area contributed by atoms with Gasteiger partial charge in [0.15, 0.2) is 0 Å². The lowest BCUT2D eigenvalue weighted by molar-refractivity contribution is 0.421. The summed E-state index contributed by atoms with van der Waals surface area (Å²) in [7, 11) is 0. The SMILES string of the molecule is C/C=C\c1ccccc1/C=C/CC(C)(C)C.CC. The number of hydrogen-bond acceptors (Lipinski definition) is 0. The van der Waals surface area contributed by atoms with Crippen LogP contribution in [0.3, 0.4) is 0 Å². The highest BCUT2D eigenvalue weighted by molar-refractivity contribution is 5.64. The maximum atomic E-state index is 2.27. The summed E-state index contributed by atoms with van der Waals surface area (Å²) in [6.07, 6.45) is 9.83. The second kappa shape index (κ2) is 8.74. The molecule has 0 bridgehead atoms. The van der Waals surface area contributed by atoms with Crippen LogP contribution in [0.5, 0.6) is 0 Å². The van der Waals surface area contributed by atoms with Gasteiger partial charge in [-0.2, -0.15) is 0 Å². The molecule has 0 fully saturated rings. The minimum Gasteiger partial charge on any atom is -0.0870 e. The lowest BCUT2D eigenvalue weighted by atomic mass is 9.91. The van der Waals surface area contributed by atoms with Crippen molar-refractivity contribution in [2.75, 3.05) is 0 Å². The van der Waals surface area contributed by atoms with E-state index < -0.39 is 0 Å². The van der Waals surface area contributed by atoms with Gasteiger partial charge >= 0.3 is 0 Å². The minimum atomic E-state index is 0.367. The van der Waals surface area contributed by atoms with Gasteiger partial charge in [0.05, 0.1) is 0 Å². The third-order valence-electron chi connectivity index (χ3n) is 2.37. The first-order chi connectivity index (χ1) is 8.53. The Morgan fingerprint density at radius 1 is 0.944 bits per heavy atom. The molecule has 0 N–H and O–H groups in total. The molecule has 0 amide bonds. The highest BCUT2D eigenvalue weighted by atomic mass is 14.1. The summed E-state index contributed by atoms with van der Waals surface area (Å²) in [5, 5.41) is 0. The normalized spacial score (nSPS) is 11.7. The Hall–Kier alpha value is -1.30. The van der Waals surface area contributed by atoms with Crippen LogP contribution in [0.4, 0.5) is 0 Å². The van der Waals surface area contributed by atoms with Crippen molar-refractivity contribution in [2.45, 2.75) is 48.0 Å². The second-order valence-corrected chi connectivity index (χ2v) is 5.30. The van der Waals surface area contributed by atoms with E-state index in [4.69, 9.17) is 0 Å². The molecular formula is C18H28. The van der Waals surface area contributed by atoms with Crippen LogP contribution in [-0.4, -0.2) is 0 Å². The Bertz CT molecular complexity index is 375. The van der Waals surface area contributed by atoms with E-state index in [1.54, 1.807) is 0 Å². The first kappa shape index (κ1) is 16.7. The number of rotatable bonds is 3. The molecule has 0 aromatic heterocycles. The molecule has 1 aromatic carbocycles. The summed E-state index contributed by atoms with van der Waals surface area (Å²) in [4.78, 5) is 0. The first-order valence-electron chi connectivity index (χ1n) is 6.91. The number of allylic oxidation sites excluding steroid dienone is 2. The Labute approximate surface area is 113 Å². The predicted molar refractivity (Wildman–Crippen MR) is 85.6 cm³/mol. The van der Waals surface area contributed by atoms with E-state index in [1.165, 1.54) is 11.1 Å². The van der Waals surface area contributed by atoms with Crippen molar-refractivity contribution in [3.8, 4) is 0 Å². The van der Waals surface area contributed by atoms with Crippen molar-refractivity contribution in [3.63, 3.8) is 0 Å². The molecular weight excluding hydrogens is 216 g/mol. The third-order valence-corrected chi connectivity index (χ3v) is 2.37. The largest absolute Gasteiger partial charge is 0.0870 e. The van der Waals surface area contributed by atoms with Crippen LogP contribution in [0.1, 0.15) is 59.1 Å². The molecule has 0 aliphatic rings. The van der Waals surface area contributed by atoms with Crippen molar-refractivity contribution < 1.29 is 0 Å². The molecule has 0 spiro atoms. The van der Waals surface area contributed by atoms with Gasteiger partial charge in [0.2, 0.25) is 0 Å². The van der Waals surface area contributed by atoms with E-state index in [0.717, 1.165) is 6.42 Å². The molecule has 0 heterocycles. The van der Waals surface area contributed by atoms with Crippen molar-refractivity contribution in [1.29, 1.82) is 0 Å². The second-order valence-electron chi connectivity index (χ2n) is 5.30. The fraction of sp³-hybridized carbons (Fsp3) is 0.444. The molecule has 0 saturated carbocycles. The third kappa shape index (κ3) is 7.11. The Balaban J connectivity index is 0.00000137. The summed E-state index contributed by atoms with van der Waals surface area (Å²) in [5.74, 6) is 0. The van der Waals surface area contributed by atoms with Crippen LogP contribution in [0, 0.1) is 5.41 Å². The first-order valence-corrected chi connectivity index (χ1v) is 6.91. The molecule has 0 saturated heterocycles. The van der Waals surface area contributed by atoms with E-state index in [2.05, 4.69) is 76.3 Å². The van der Waals surface area contributed by atoms with E-state index >= 15 is 0 Å². The molecule has 0 aliphatic carbocycles. The summed E-state index contributed by atoms with van der Waals surface area (Å²) < 4.78 is 0. The molecule has 1 rings (SSSR count). The van der Waals surface area contributed by atoms with Gasteiger partial charge in [0.25, 0.3) is 0 Å². The van der Waals surface area contributed by atoms with Gasteiger partial charge in [-0.1, -0.05) is 83.2 Å². The van der Waals surface area contributed by atoms with Crippen LogP contribution >= 0.6 is 0 Å². The van der Waals surface area contributed by atoms with E-state index in [-0.39, 0.29) is 0 Å². The highest BCUT2D eigenvalue weighted by Crippen LogP contribution is 2.20. The van der Waals surface area contributed by atoms with E-state index in [0.29, 0.717) is 5.41 Å². The average Bonchev–Trinajstić information content (AvgIpc) is 2.33. The summed E-state index contributed by atoms with van der Waals surface area (Å²) >= 11 is 0. The predicted octanol–water partition coefficient (Wildman–Crippen LogP) is 6.20. The number of benzene rings is 1. The molecule has 0 heteroatoms. The molecule has 0 unspecified atom stereocenters. The molecule has 0 radical (unpaired) electrons. The Morgan fingerprint density at radius 2 is 1.44 bits per heavy atom. The van der Waals surface area contributed by atoms with E-state index in [1.807, 2.05) is 13.8 Å². The zero-order valence-corrected chi connectivity index (χ0v) is 12.8. The van der Waals surface area contributed by atoms with Crippen LogP contribution < -0.4 is 0 Å². The monoisotopic (exact) mass is 244 g/mol. The maximum Gasteiger partial charge on any atom is -0.0187 e. The fourth-order valence-electron chi connectivity index (χ4n) is 1.53. The van der Waals surface area contributed by atoms with Crippen molar-refractivity contribution in [3.05, 3.63) is 47.5 Å².